The maximum Gasteiger partial charge on any atom is 0.116 e. The molecule has 0 aliphatic rings. The number of pyridine rings is 1. The van der Waals surface area contributed by atoms with Crippen LogP contribution in [-0.2, 0) is 0 Å². The summed E-state index contributed by atoms with van der Waals surface area (Å²) in [5.41, 5.74) is 4.69. The molecular formula is C21H14ClNOS. The first-order chi connectivity index (χ1) is 12.2. The average Bonchev–Trinajstić information content (AvgIpc) is 3.17. The lowest BCUT2D eigenvalue weighted by atomic mass is 10.0. The minimum absolute atomic E-state index is 0.230. The van der Waals surface area contributed by atoms with Crippen LogP contribution in [0.5, 0.6) is 5.75 Å². The summed E-state index contributed by atoms with van der Waals surface area (Å²) in [5, 5.41) is 12.6. The normalized spacial score (nSPS) is 10.8. The Bertz CT molecular complexity index is 1010. The molecule has 122 valence electrons. The predicted octanol–water partition coefficient (Wildman–Crippen LogP) is 6.50. The molecule has 4 rings (SSSR count). The number of aromatic nitrogens is 1. The first-order valence-corrected chi connectivity index (χ1v) is 9.06. The van der Waals surface area contributed by atoms with Crippen molar-refractivity contribution in [3.8, 4) is 38.7 Å². The van der Waals surface area contributed by atoms with Crippen LogP contribution in [-0.4, -0.2) is 10.1 Å². The maximum atomic E-state index is 9.80. The Morgan fingerprint density at radius 2 is 1.52 bits per heavy atom. The molecule has 0 aliphatic heterocycles. The van der Waals surface area contributed by atoms with Crippen LogP contribution in [0.3, 0.4) is 0 Å². The average molecular weight is 364 g/mol. The molecule has 2 aromatic carbocycles. The Morgan fingerprint density at radius 1 is 0.760 bits per heavy atom. The van der Waals surface area contributed by atoms with E-state index in [1.165, 1.54) is 4.88 Å². The Balaban J connectivity index is 1.90. The molecule has 0 atom stereocenters. The highest BCUT2D eigenvalue weighted by Gasteiger charge is 2.10. The predicted molar refractivity (Wildman–Crippen MR) is 105 cm³/mol. The number of halogens is 1. The number of phenols is 1. The van der Waals surface area contributed by atoms with E-state index in [2.05, 4.69) is 23.6 Å². The van der Waals surface area contributed by atoms with Crippen molar-refractivity contribution in [3.05, 3.63) is 83.2 Å². The van der Waals surface area contributed by atoms with E-state index in [0.29, 0.717) is 5.02 Å². The third kappa shape index (κ3) is 3.43. The van der Waals surface area contributed by atoms with Crippen molar-refractivity contribution < 1.29 is 5.11 Å². The van der Waals surface area contributed by atoms with E-state index in [4.69, 9.17) is 16.6 Å². The van der Waals surface area contributed by atoms with Crippen LogP contribution < -0.4 is 0 Å². The molecule has 0 saturated heterocycles. The van der Waals surface area contributed by atoms with Crippen molar-refractivity contribution in [2.45, 2.75) is 0 Å². The second-order valence-electron chi connectivity index (χ2n) is 5.66. The van der Waals surface area contributed by atoms with Crippen molar-refractivity contribution >= 4 is 22.9 Å². The number of benzene rings is 2. The molecule has 2 nitrogen and oxygen atoms in total. The van der Waals surface area contributed by atoms with Crippen molar-refractivity contribution in [3.63, 3.8) is 0 Å². The molecule has 4 heteroatoms. The van der Waals surface area contributed by atoms with E-state index in [9.17, 15) is 5.11 Å². The zero-order valence-electron chi connectivity index (χ0n) is 13.2. The van der Waals surface area contributed by atoms with Gasteiger partial charge < -0.3 is 5.11 Å². The van der Waals surface area contributed by atoms with Gasteiger partial charge in [-0.25, -0.2) is 4.98 Å². The minimum atomic E-state index is 0.230. The highest BCUT2D eigenvalue weighted by Crippen LogP contribution is 2.33. The van der Waals surface area contributed by atoms with Gasteiger partial charge in [0.1, 0.15) is 5.75 Å². The van der Waals surface area contributed by atoms with E-state index >= 15 is 0 Å². The van der Waals surface area contributed by atoms with Crippen LogP contribution in [0.25, 0.3) is 33.0 Å². The molecule has 1 N–H and O–H groups in total. The largest absolute Gasteiger partial charge is 0.508 e. The number of thiophene rings is 1. The lowest BCUT2D eigenvalue weighted by molar-refractivity contribution is 0.475. The fourth-order valence-corrected chi connectivity index (χ4v) is 3.54. The molecule has 0 unspecified atom stereocenters. The van der Waals surface area contributed by atoms with Gasteiger partial charge in [0.25, 0.3) is 0 Å². The van der Waals surface area contributed by atoms with Gasteiger partial charge in [-0.3, -0.25) is 0 Å². The van der Waals surface area contributed by atoms with Gasteiger partial charge in [-0.2, -0.15) is 0 Å². The molecule has 25 heavy (non-hydrogen) atoms. The van der Waals surface area contributed by atoms with Gasteiger partial charge in [0, 0.05) is 21.0 Å². The number of phenolic OH excluding ortho intramolecular Hbond substituents is 1. The monoisotopic (exact) mass is 363 g/mol. The molecule has 2 aromatic heterocycles. The van der Waals surface area contributed by atoms with Crippen LogP contribution in [0.1, 0.15) is 0 Å². The van der Waals surface area contributed by atoms with Gasteiger partial charge in [0.15, 0.2) is 0 Å². The molecule has 0 bridgehead atoms. The summed E-state index contributed by atoms with van der Waals surface area (Å²) in [5.74, 6) is 0.230. The lowest BCUT2D eigenvalue weighted by Crippen LogP contribution is -1.90. The summed E-state index contributed by atoms with van der Waals surface area (Å²) in [6.45, 7) is 0. The van der Waals surface area contributed by atoms with Gasteiger partial charge in [-0.05, 0) is 53.4 Å². The molecule has 0 fully saturated rings. The van der Waals surface area contributed by atoms with Gasteiger partial charge in [0.05, 0.1) is 11.4 Å². The molecule has 0 aliphatic carbocycles. The van der Waals surface area contributed by atoms with Gasteiger partial charge in [-0.15, -0.1) is 11.3 Å². The van der Waals surface area contributed by atoms with Crippen LogP contribution in [0.4, 0.5) is 0 Å². The lowest BCUT2D eigenvalue weighted by Gasteiger charge is -2.09. The van der Waals surface area contributed by atoms with E-state index in [0.717, 1.165) is 28.1 Å². The fourth-order valence-electron chi connectivity index (χ4n) is 2.70. The summed E-state index contributed by atoms with van der Waals surface area (Å²) in [6, 6.07) is 23.1. The smallest absolute Gasteiger partial charge is 0.116 e. The van der Waals surface area contributed by atoms with Crippen molar-refractivity contribution in [2.24, 2.45) is 0 Å². The van der Waals surface area contributed by atoms with Gasteiger partial charge >= 0.3 is 0 Å². The molecule has 4 aromatic rings. The van der Waals surface area contributed by atoms with Crippen LogP contribution in [0.2, 0.25) is 5.02 Å². The third-order valence-electron chi connectivity index (χ3n) is 3.91. The number of hydrogen-bond acceptors (Lipinski definition) is 3. The third-order valence-corrected chi connectivity index (χ3v) is 5.08. The molecular weight excluding hydrogens is 350 g/mol. The molecule has 0 radical (unpaired) electrons. The summed E-state index contributed by atoms with van der Waals surface area (Å²) in [6.07, 6.45) is 0. The maximum absolute atomic E-state index is 9.80. The second kappa shape index (κ2) is 6.71. The highest BCUT2D eigenvalue weighted by atomic mass is 35.5. The Morgan fingerprint density at radius 3 is 2.20 bits per heavy atom. The van der Waals surface area contributed by atoms with Crippen molar-refractivity contribution in [2.75, 3.05) is 0 Å². The van der Waals surface area contributed by atoms with E-state index < -0.39 is 0 Å². The second-order valence-corrected chi connectivity index (χ2v) is 7.04. The van der Waals surface area contributed by atoms with Gasteiger partial charge in [0.2, 0.25) is 0 Å². The summed E-state index contributed by atoms with van der Waals surface area (Å²) in [4.78, 5) is 5.98. The van der Waals surface area contributed by atoms with Crippen molar-refractivity contribution in [1.82, 2.24) is 4.98 Å². The van der Waals surface area contributed by atoms with Gasteiger partial charge in [-0.1, -0.05) is 41.9 Å². The number of rotatable bonds is 3. The minimum Gasteiger partial charge on any atom is -0.508 e. The zero-order valence-corrected chi connectivity index (χ0v) is 14.8. The number of aromatic hydroxyl groups is 1. The highest BCUT2D eigenvalue weighted by molar-refractivity contribution is 7.13. The summed E-state index contributed by atoms with van der Waals surface area (Å²) in [7, 11) is 0. The van der Waals surface area contributed by atoms with E-state index in [-0.39, 0.29) is 5.75 Å². The first-order valence-electron chi connectivity index (χ1n) is 7.80. The van der Waals surface area contributed by atoms with E-state index in [1.807, 2.05) is 42.5 Å². The van der Waals surface area contributed by atoms with Crippen molar-refractivity contribution in [1.29, 1.82) is 0 Å². The SMILES string of the molecule is Oc1cccc(-c2cc(-c3cccs3)cc(-c3ccc(Cl)cc3)n2)c1. The molecule has 0 saturated carbocycles. The Labute approximate surface area is 155 Å². The topological polar surface area (TPSA) is 33.1 Å². The number of hydrogen-bond donors (Lipinski definition) is 1. The quantitative estimate of drug-likeness (QED) is 0.450. The summed E-state index contributed by atoms with van der Waals surface area (Å²) < 4.78 is 0. The summed E-state index contributed by atoms with van der Waals surface area (Å²) >= 11 is 7.70. The molecule has 0 spiro atoms. The fraction of sp³-hybridized carbons (Fsp3) is 0. The zero-order chi connectivity index (χ0) is 17.2. The number of nitrogens with zero attached hydrogens (tertiary/aromatic N) is 1. The molecule has 2 heterocycles. The molecule has 0 amide bonds. The van der Waals surface area contributed by atoms with E-state index in [1.54, 1.807) is 23.5 Å². The Hall–Kier alpha value is -2.62. The standard InChI is InChI=1S/C21H14ClNOS/c22-17-8-6-14(7-9-17)19-12-16(21-5-2-10-25-21)13-20(23-19)15-3-1-4-18(24)11-15/h1-13,24H. The Kier molecular flexibility index (Phi) is 4.26. The van der Waals surface area contributed by atoms with Crippen LogP contribution in [0, 0.1) is 0 Å². The first kappa shape index (κ1) is 15.9. The van der Waals surface area contributed by atoms with Crippen LogP contribution in [0.15, 0.2) is 78.2 Å². The van der Waals surface area contributed by atoms with Crippen LogP contribution >= 0.6 is 22.9 Å².